The fraction of sp³-hybridized carbons (Fsp3) is 0.692. The van der Waals surface area contributed by atoms with Crippen LogP contribution >= 0.6 is 0 Å². The van der Waals surface area contributed by atoms with E-state index in [0.717, 1.165) is 5.92 Å². The maximum absolute atomic E-state index is 2.40. The van der Waals surface area contributed by atoms with Crippen molar-refractivity contribution in [2.45, 2.75) is 52.9 Å². The lowest BCUT2D eigenvalue weighted by molar-refractivity contribution is 0.630. The van der Waals surface area contributed by atoms with Crippen molar-refractivity contribution in [2.24, 2.45) is 5.92 Å². The molecule has 72 valence electrons. The largest absolute Gasteiger partial charge is 0.0616 e. The Morgan fingerprint density at radius 2 is 1.92 bits per heavy atom. The van der Waals surface area contributed by atoms with Gasteiger partial charge < -0.3 is 0 Å². The third-order valence-electron chi connectivity index (χ3n) is 3.87. The van der Waals surface area contributed by atoms with E-state index >= 15 is 0 Å². The molecule has 0 saturated heterocycles. The normalized spacial score (nSPS) is 28.4. The van der Waals surface area contributed by atoms with Gasteiger partial charge in [0.25, 0.3) is 0 Å². The summed E-state index contributed by atoms with van der Waals surface area (Å²) in [7, 11) is 0. The second-order valence-corrected chi connectivity index (χ2v) is 4.44. The molecule has 0 saturated carbocycles. The molecule has 0 N–H and O–H groups in total. The minimum absolute atomic E-state index is 0.778. The smallest absolute Gasteiger partial charge is 0.000979 e. The van der Waals surface area contributed by atoms with Crippen LogP contribution in [0.5, 0.6) is 0 Å². The van der Waals surface area contributed by atoms with Crippen LogP contribution in [0.15, 0.2) is 22.3 Å². The predicted molar refractivity (Wildman–Crippen MR) is 57.6 cm³/mol. The third kappa shape index (κ3) is 1.27. The predicted octanol–water partition coefficient (Wildman–Crippen LogP) is 4.23. The lowest BCUT2D eigenvalue weighted by atomic mass is 9.87. The highest BCUT2D eigenvalue weighted by atomic mass is 14.3. The van der Waals surface area contributed by atoms with Crippen LogP contribution in [-0.2, 0) is 0 Å². The molecule has 0 amide bonds. The Kier molecular flexibility index (Phi) is 2.31. The first kappa shape index (κ1) is 9.05. The number of allylic oxidation sites excluding steroid dienone is 4. The van der Waals surface area contributed by atoms with Gasteiger partial charge in [0.2, 0.25) is 0 Å². The summed E-state index contributed by atoms with van der Waals surface area (Å²) in [5, 5.41) is 0. The Hall–Kier alpha value is -0.520. The molecule has 0 aromatic carbocycles. The first-order valence-corrected chi connectivity index (χ1v) is 5.67. The molecule has 2 rings (SSSR count). The summed E-state index contributed by atoms with van der Waals surface area (Å²) in [5.74, 6) is 0.778. The summed E-state index contributed by atoms with van der Waals surface area (Å²) >= 11 is 0. The first-order chi connectivity index (χ1) is 6.25. The molecule has 0 aromatic rings. The SMILES string of the molecule is CCC1=C(C)C2=C(CCCC2)C1C. The van der Waals surface area contributed by atoms with Crippen LogP contribution in [0.25, 0.3) is 0 Å². The van der Waals surface area contributed by atoms with Crippen molar-refractivity contribution in [2.75, 3.05) is 0 Å². The highest BCUT2D eigenvalue weighted by Crippen LogP contribution is 2.45. The zero-order chi connectivity index (χ0) is 9.42. The van der Waals surface area contributed by atoms with Gasteiger partial charge in [-0.2, -0.15) is 0 Å². The van der Waals surface area contributed by atoms with E-state index in [2.05, 4.69) is 20.8 Å². The van der Waals surface area contributed by atoms with Gasteiger partial charge in [-0.1, -0.05) is 25.0 Å². The molecule has 2 aliphatic carbocycles. The molecule has 0 aliphatic heterocycles. The molecule has 0 fully saturated rings. The Morgan fingerprint density at radius 1 is 1.23 bits per heavy atom. The van der Waals surface area contributed by atoms with E-state index in [0.29, 0.717) is 0 Å². The fourth-order valence-corrected chi connectivity index (χ4v) is 3.14. The van der Waals surface area contributed by atoms with Crippen LogP contribution in [0.3, 0.4) is 0 Å². The van der Waals surface area contributed by atoms with Gasteiger partial charge in [0, 0.05) is 0 Å². The van der Waals surface area contributed by atoms with Crippen LogP contribution in [0, 0.1) is 5.92 Å². The average Bonchev–Trinajstić information content (AvgIpc) is 2.41. The lowest BCUT2D eigenvalue weighted by Crippen LogP contribution is -2.02. The van der Waals surface area contributed by atoms with Gasteiger partial charge in [-0.05, 0) is 56.1 Å². The van der Waals surface area contributed by atoms with Crippen LogP contribution in [0.4, 0.5) is 0 Å². The highest BCUT2D eigenvalue weighted by Gasteiger charge is 2.28. The molecule has 1 atom stereocenters. The summed E-state index contributed by atoms with van der Waals surface area (Å²) in [4.78, 5) is 0. The average molecular weight is 176 g/mol. The number of hydrogen-bond acceptors (Lipinski definition) is 0. The van der Waals surface area contributed by atoms with Crippen molar-refractivity contribution in [1.82, 2.24) is 0 Å². The van der Waals surface area contributed by atoms with Crippen molar-refractivity contribution in [3.05, 3.63) is 22.3 Å². The van der Waals surface area contributed by atoms with Crippen LogP contribution in [-0.4, -0.2) is 0 Å². The van der Waals surface area contributed by atoms with E-state index in [4.69, 9.17) is 0 Å². The standard InChI is InChI=1S/C13H20/c1-4-11-9(2)12-7-5-6-8-13(12)10(11)3/h9H,4-8H2,1-3H3. The van der Waals surface area contributed by atoms with Gasteiger partial charge in [0.05, 0.1) is 0 Å². The number of rotatable bonds is 1. The maximum Gasteiger partial charge on any atom is -0.000979 e. The quantitative estimate of drug-likeness (QED) is 0.560. The van der Waals surface area contributed by atoms with Crippen molar-refractivity contribution in [1.29, 1.82) is 0 Å². The van der Waals surface area contributed by atoms with Gasteiger partial charge in [0.1, 0.15) is 0 Å². The Balaban J connectivity index is 2.36. The summed E-state index contributed by atoms with van der Waals surface area (Å²) in [6, 6.07) is 0. The van der Waals surface area contributed by atoms with Crippen molar-refractivity contribution in [3.8, 4) is 0 Å². The van der Waals surface area contributed by atoms with Gasteiger partial charge in [-0.3, -0.25) is 0 Å². The molecule has 0 radical (unpaired) electrons. The second-order valence-electron chi connectivity index (χ2n) is 4.44. The van der Waals surface area contributed by atoms with E-state index in [1.807, 2.05) is 0 Å². The van der Waals surface area contributed by atoms with Crippen molar-refractivity contribution in [3.63, 3.8) is 0 Å². The molecule has 0 heteroatoms. The van der Waals surface area contributed by atoms with Crippen molar-refractivity contribution < 1.29 is 0 Å². The molecule has 0 spiro atoms. The van der Waals surface area contributed by atoms with E-state index < -0.39 is 0 Å². The molecule has 0 nitrogen and oxygen atoms in total. The minimum atomic E-state index is 0.778. The van der Waals surface area contributed by atoms with Gasteiger partial charge in [-0.25, -0.2) is 0 Å². The Bertz CT molecular complexity index is 278. The van der Waals surface area contributed by atoms with E-state index in [1.54, 1.807) is 22.3 Å². The monoisotopic (exact) mass is 176 g/mol. The highest BCUT2D eigenvalue weighted by molar-refractivity contribution is 5.49. The lowest BCUT2D eigenvalue weighted by Gasteiger charge is -2.18. The Morgan fingerprint density at radius 3 is 2.54 bits per heavy atom. The van der Waals surface area contributed by atoms with Gasteiger partial charge in [0.15, 0.2) is 0 Å². The molecule has 0 bridgehead atoms. The van der Waals surface area contributed by atoms with Crippen molar-refractivity contribution >= 4 is 0 Å². The molecule has 13 heavy (non-hydrogen) atoms. The Labute approximate surface area is 81.7 Å². The van der Waals surface area contributed by atoms with Crippen LogP contribution in [0.2, 0.25) is 0 Å². The first-order valence-electron chi connectivity index (χ1n) is 5.67. The topological polar surface area (TPSA) is 0 Å². The molecular formula is C13H20. The molecule has 1 unspecified atom stereocenters. The van der Waals surface area contributed by atoms with Gasteiger partial charge in [-0.15, -0.1) is 0 Å². The van der Waals surface area contributed by atoms with E-state index in [9.17, 15) is 0 Å². The summed E-state index contributed by atoms with van der Waals surface area (Å²) in [5.41, 5.74) is 6.87. The summed E-state index contributed by atoms with van der Waals surface area (Å²) in [6.07, 6.45) is 6.82. The summed E-state index contributed by atoms with van der Waals surface area (Å²) in [6.45, 7) is 7.03. The molecule has 0 aromatic heterocycles. The summed E-state index contributed by atoms with van der Waals surface area (Å²) < 4.78 is 0. The van der Waals surface area contributed by atoms with E-state index in [1.165, 1.54) is 32.1 Å². The molecule has 2 aliphatic rings. The maximum atomic E-state index is 2.40. The zero-order valence-electron chi connectivity index (χ0n) is 9.11. The molecular weight excluding hydrogens is 156 g/mol. The minimum Gasteiger partial charge on any atom is -0.0616 e. The second kappa shape index (κ2) is 3.32. The number of hydrogen-bond donors (Lipinski definition) is 0. The zero-order valence-corrected chi connectivity index (χ0v) is 9.11. The fourth-order valence-electron chi connectivity index (χ4n) is 3.14. The van der Waals surface area contributed by atoms with Gasteiger partial charge >= 0.3 is 0 Å². The third-order valence-corrected chi connectivity index (χ3v) is 3.87. The van der Waals surface area contributed by atoms with Crippen LogP contribution in [0.1, 0.15) is 52.9 Å². The molecule has 0 heterocycles. The van der Waals surface area contributed by atoms with E-state index in [-0.39, 0.29) is 0 Å². The van der Waals surface area contributed by atoms with Crippen LogP contribution < -0.4 is 0 Å².